The second-order valence-electron chi connectivity index (χ2n) is 7.72. The molecule has 2 heterocycles. The molecule has 2 aromatic carbocycles. The molecule has 0 aliphatic rings. The Hall–Kier alpha value is -3.48. The van der Waals surface area contributed by atoms with Crippen molar-refractivity contribution in [1.82, 2.24) is 29.3 Å². The van der Waals surface area contributed by atoms with Crippen LogP contribution in [-0.2, 0) is 19.5 Å². The van der Waals surface area contributed by atoms with Crippen LogP contribution in [0.3, 0.4) is 0 Å². The number of rotatable bonds is 8. The predicted octanol–water partition coefficient (Wildman–Crippen LogP) is 4.01. The summed E-state index contributed by atoms with van der Waals surface area (Å²) in [6, 6.07) is 16.4. The summed E-state index contributed by atoms with van der Waals surface area (Å²) in [7, 11) is 0. The minimum Gasteiger partial charge on any atom is -0.297 e. The fourth-order valence-corrected chi connectivity index (χ4v) is 4.11. The molecule has 0 bridgehead atoms. The summed E-state index contributed by atoms with van der Waals surface area (Å²) in [6.07, 6.45) is 4.72. The third-order valence-corrected chi connectivity index (χ3v) is 5.80. The van der Waals surface area contributed by atoms with Crippen molar-refractivity contribution in [3.63, 3.8) is 0 Å². The van der Waals surface area contributed by atoms with Gasteiger partial charge in [-0.15, -0.1) is 5.10 Å². The van der Waals surface area contributed by atoms with Crippen LogP contribution < -0.4 is 5.69 Å². The first-order valence-corrected chi connectivity index (χ1v) is 10.8. The largest absolute Gasteiger partial charge is 0.328 e. The lowest BCUT2D eigenvalue weighted by Gasteiger charge is -2.11. The molecule has 0 amide bonds. The number of tetrazole rings is 1. The Balaban J connectivity index is 1.65. The molecule has 0 aliphatic carbocycles. The van der Waals surface area contributed by atoms with Crippen molar-refractivity contribution in [2.24, 2.45) is 0 Å². The summed E-state index contributed by atoms with van der Waals surface area (Å²) < 4.78 is 5.49. The van der Waals surface area contributed by atoms with Crippen LogP contribution in [0.4, 0.5) is 0 Å². The highest BCUT2D eigenvalue weighted by Gasteiger charge is 2.16. The van der Waals surface area contributed by atoms with Crippen LogP contribution >= 0.6 is 0 Å². The average Bonchev–Trinajstić information content (AvgIpc) is 3.41. The molecule has 0 N–H and O–H groups in total. The SMILES string of the molecule is CCCCc1c(C)n(CC)c(=O)n1Cc1ccc(-c2ccccc2-n2cnnn2)cc1. The van der Waals surface area contributed by atoms with Gasteiger partial charge in [0.05, 0.1) is 12.2 Å². The van der Waals surface area contributed by atoms with E-state index in [1.807, 2.05) is 34.3 Å². The molecule has 31 heavy (non-hydrogen) atoms. The van der Waals surface area contributed by atoms with Gasteiger partial charge in [0.25, 0.3) is 0 Å². The number of hydrogen-bond donors (Lipinski definition) is 0. The average molecular weight is 417 g/mol. The molecule has 0 atom stereocenters. The van der Waals surface area contributed by atoms with Gasteiger partial charge in [-0.25, -0.2) is 4.79 Å². The van der Waals surface area contributed by atoms with Crippen LogP contribution in [0.25, 0.3) is 16.8 Å². The van der Waals surface area contributed by atoms with Gasteiger partial charge in [0.1, 0.15) is 6.33 Å². The maximum atomic E-state index is 13.0. The lowest BCUT2D eigenvalue weighted by atomic mass is 10.0. The van der Waals surface area contributed by atoms with Gasteiger partial charge in [0.15, 0.2) is 0 Å². The van der Waals surface area contributed by atoms with Crippen molar-refractivity contribution >= 4 is 0 Å². The maximum Gasteiger partial charge on any atom is 0.328 e. The van der Waals surface area contributed by atoms with Crippen molar-refractivity contribution in [2.75, 3.05) is 0 Å². The zero-order chi connectivity index (χ0) is 21.8. The standard InChI is InChI=1S/C24H28N6O/c1-4-6-10-22-18(3)28(5-2)24(31)29(22)16-19-12-14-20(15-13-19)21-9-7-8-11-23(21)30-17-25-26-27-30/h7-9,11-15,17H,4-6,10,16H2,1-3H3. The molecule has 160 valence electrons. The molecule has 4 aromatic rings. The Labute approximate surface area is 182 Å². The molecule has 0 radical (unpaired) electrons. The lowest BCUT2D eigenvalue weighted by Crippen LogP contribution is -2.25. The van der Waals surface area contributed by atoms with E-state index in [0.717, 1.165) is 53.0 Å². The lowest BCUT2D eigenvalue weighted by molar-refractivity contribution is 0.645. The molecule has 0 unspecified atom stereocenters. The van der Waals surface area contributed by atoms with E-state index in [-0.39, 0.29) is 5.69 Å². The summed E-state index contributed by atoms with van der Waals surface area (Å²) >= 11 is 0. The number of benzene rings is 2. The van der Waals surface area contributed by atoms with E-state index in [1.54, 1.807) is 11.0 Å². The van der Waals surface area contributed by atoms with Crippen molar-refractivity contribution in [3.8, 4) is 16.8 Å². The smallest absolute Gasteiger partial charge is 0.297 e. The fraction of sp³-hybridized carbons (Fsp3) is 0.333. The van der Waals surface area contributed by atoms with Gasteiger partial charge in [0.2, 0.25) is 0 Å². The van der Waals surface area contributed by atoms with Gasteiger partial charge in [-0.05, 0) is 54.3 Å². The van der Waals surface area contributed by atoms with E-state index in [9.17, 15) is 4.79 Å². The number of nitrogens with zero attached hydrogens (tertiary/aromatic N) is 6. The summed E-state index contributed by atoms with van der Waals surface area (Å²) in [4.78, 5) is 13.0. The number of hydrogen-bond acceptors (Lipinski definition) is 4. The minimum atomic E-state index is 0.0826. The summed E-state index contributed by atoms with van der Waals surface area (Å²) in [5, 5.41) is 11.5. The number of para-hydroxylation sites is 1. The predicted molar refractivity (Wildman–Crippen MR) is 121 cm³/mol. The van der Waals surface area contributed by atoms with E-state index < -0.39 is 0 Å². The second-order valence-corrected chi connectivity index (χ2v) is 7.72. The third kappa shape index (κ3) is 4.08. The van der Waals surface area contributed by atoms with Crippen molar-refractivity contribution in [1.29, 1.82) is 0 Å². The fourth-order valence-electron chi connectivity index (χ4n) is 4.11. The molecular formula is C24H28N6O. The van der Waals surface area contributed by atoms with Crippen molar-refractivity contribution in [3.05, 3.63) is 82.3 Å². The van der Waals surface area contributed by atoms with E-state index in [2.05, 4.69) is 59.7 Å². The zero-order valence-corrected chi connectivity index (χ0v) is 18.3. The van der Waals surface area contributed by atoms with Crippen LogP contribution in [0, 0.1) is 6.92 Å². The Morgan fingerprint density at radius 1 is 0.968 bits per heavy atom. The van der Waals surface area contributed by atoms with E-state index >= 15 is 0 Å². The van der Waals surface area contributed by atoms with Gasteiger partial charge in [-0.1, -0.05) is 55.8 Å². The summed E-state index contributed by atoms with van der Waals surface area (Å²) in [6.45, 7) is 7.55. The minimum absolute atomic E-state index is 0.0826. The van der Waals surface area contributed by atoms with Crippen molar-refractivity contribution < 1.29 is 0 Å². The summed E-state index contributed by atoms with van der Waals surface area (Å²) in [5.41, 5.74) is 6.49. The van der Waals surface area contributed by atoms with E-state index in [0.29, 0.717) is 13.1 Å². The molecule has 2 aromatic heterocycles. The molecule has 0 saturated carbocycles. The van der Waals surface area contributed by atoms with Gasteiger partial charge in [-0.3, -0.25) is 9.13 Å². The quantitative estimate of drug-likeness (QED) is 0.435. The molecule has 0 saturated heterocycles. The highest BCUT2D eigenvalue weighted by molar-refractivity contribution is 5.72. The van der Waals surface area contributed by atoms with Crippen LogP contribution in [0.15, 0.2) is 59.7 Å². The van der Waals surface area contributed by atoms with Gasteiger partial charge in [0, 0.05) is 23.5 Å². The molecule has 0 aliphatic heterocycles. The van der Waals surface area contributed by atoms with Crippen LogP contribution in [-0.4, -0.2) is 29.3 Å². The van der Waals surface area contributed by atoms with Crippen LogP contribution in [0.2, 0.25) is 0 Å². The van der Waals surface area contributed by atoms with E-state index in [4.69, 9.17) is 0 Å². The van der Waals surface area contributed by atoms with Crippen LogP contribution in [0.1, 0.15) is 43.6 Å². The van der Waals surface area contributed by atoms with Crippen molar-refractivity contribution in [2.45, 2.75) is 53.1 Å². The first kappa shape index (κ1) is 20.8. The Morgan fingerprint density at radius 2 is 1.74 bits per heavy atom. The molecule has 7 heteroatoms. The summed E-state index contributed by atoms with van der Waals surface area (Å²) in [5.74, 6) is 0. The molecular weight excluding hydrogens is 388 g/mol. The van der Waals surface area contributed by atoms with Crippen LogP contribution in [0.5, 0.6) is 0 Å². The first-order valence-electron chi connectivity index (χ1n) is 10.8. The Morgan fingerprint density at radius 3 is 2.42 bits per heavy atom. The normalized spacial score (nSPS) is 11.2. The zero-order valence-electron chi connectivity index (χ0n) is 18.3. The molecule has 0 spiro atoms. The number of imidazole rings is 1. The highest BCUT2D eigenvalue weighted by Crippen LogP contribution is 2.26. The van der Waals surface area contributed by atoms with E-state index in [1.165, 1.54) is 0 Å². The second kappa shape index (κ2) is 9.12. The van der Waals surface area contributed by atoms with Gasteiger partial charge >= 0.3 is 5.69 Å². The maximum absolute atomic E-state index is 13.0. The molecule has 4 rings (SSSR count). The van der Waals surface area contributed by atoms with Gasteiger partial charge < -0.3 is 0 Å². The third-order valence-electron chi connectivity index (χ3n) is 5.80. The van der Waals surface area contributed by atoms with Gasteiger partial charge in [-0.2, -0.15) is 4.68 Å². The topological polar surface area (TPSA) is 70.5 Å². The monoisotopic (exact) mass is 416 g/mol. The Bertz CT molecular complexity index is 1200. The molecule has 7 nitrogen and oxygen atoms in total. The molecule has 0 fully saturated rings. The highest BCUT2D eigenvalue weighted by atomic mass is 16.1. The number of unbranched alkanes of at least 4 members (excludes halogenated alkanes) is 1. The first-order chi connectivity index (χ1) is 15.1. The number of aromatic nitrogens is 6. The Kier molecular flexibility index (Phi) is 6.11.